The quantitative estimate of drug-likeness (QED) is 0.805. The summed E-state index contributed by atoms with van der Waals surface area (Å²) in [5.41, 5.74) is 9.43. The van der Waals surface area contributed by atoms with Gasteiger partial charge in [-0.2, -0.15) is 0 Å². The van der Waals surface area contributed by atoms with Crippen LogP contribution in [0.5, 0.6) is 0 Å². The molecule has 3 heteroatoms. The molecule has 1 aromatic rings. The third-order valence-electron chi connectivity index (χ3n) is 5.27. The maximum atomic E-state index is 6.35. The molecule has 1 aromatic carbocycles. The molecule has 2 fully saturated rings. The maximum absolute atomic E-state index is 6.35. The van der Waals surface area contributed by atoms with Crippen molar-refractivity contribution in [3.05, 3.63) is 28.3 Å². The molecule has 1 saturated heterocycles. The van der Waals surface area contributed by atoms with Gasteiger partial charge in [0.1, 0.15) is 0 Å². The number of nitrogens with one attached hydrogen (secondary N) is 1. The van der Waals surface area contributed by atoms with Crippen LogP contribution < -0.4 is 11.1 Å². The topological polar surface area (TPSA) is 38.0 Å². The molecule has 0 bridgehead atoms. The van der Waals surface area contributed by atoms with Gasteiger partial charge in [0.2, 0.25) is 0 Å². The first-order valence-electron chi connectivity index (χ1n) is 8.38. The first kappa shape index (κ1) is 15.2. The number of anilines is 1. The van der Waals surface area contributed by atoms with E-state index in [1.807, 2.05) is 6.07 Å². The average molecular weight is 307 g/mol. The van der Waals surface area contributed by atoms with E-state index in [0.717, 1.165) is 29.5 Å². The van der Waals surface area contributed by atoms with Gasteiger partial charge in [-0.05, 0) is 62.3 Å². The first-order valence-corrected chi connectivity index (χ1v) is 8.76. The van der Waals surface area contributed by atoms with E-state index < -0.39 is 0 Å². The molecule has 1 aliphatic carbocycles. The van der Waals surface area contributed by atoms with Crippen molar-refractivity contribution >= 4 is 17.3 Å². The lowest BCUT2D eigenvalue weighted by Crippen LogP contribution is -2.47. The van der Waals surface area contributed by atoms with Gasteiger partial charge in [0.15, 0.2) is 0 Å². The molecule has 0 radical (unpaired) electrons. The molecule has 21 heavy (non-hydrogen) atoms. The molecule has 3 rings (SSSR count). The Bertz CT molecular complexity index is 500. The van der Waals surface area contributed by atoms with Gasteiger partial charge in [-0.15, -0.1) is 0 Å². The summed E-state index contributed by atoms with van der Waals surface area (Å²) in [6.07, 6.45) is 10.6. The summed E-state index contributed by atoms with van der Waals surface area (Å²) in [6.45, 7) is 3.27. The smallest absolute Gasteiger partial charge is 0.0667 e. The van der Waals surface area contributed by atoms with E-state index in [0.29, 0.717) is 5.69 Å². The van der Waals surface area contributed by atoms with E-state index >= 15 is 0 Å². The second kappa shape index (κ2) is 6.18. The average Bonchev–Trinajstić information content (AvgIpc) is 3.29. The van der Waals surface area contributed by atoms with Crippen LogP contribution in [0.15, 0.2) is 12.1 Å². The van der Waals surface area contributed by atoms with Crippen molar-refractivity contribution in [3.8, 4) is 0 Å². The summed E-state index contributed by atoms with van der Waals surface area (Å²) in [5, 5.41) is 4.64. The maximum Gasteiger partial charge on any atom is 0.0667 e. The SMILES string of the molecule is Cc1c(CC2(CC3CC3)CCCCCN2)ccc(N)c1Cl. The molecule has 0 aromatic heterocycles. The number of halogens is 1. The molecule has 116 valence electrons. The molecular weight excluding hydrogens is 280 g/mol. The fraction of sp³-hybridized carbons (Fsp3) is 0.667. The van der Waals surface area contributed by atoms with Crippen LogP contribution in [0.4, 0.5) is 5.69 Å². The van der Waals surface area contributed by atoms with Crippen LogP contribution in [0.2, 0.25) is 5.02 Å². The Morgan fingerprint density at radius 1 is 1.29 bits per heavy atom. The van der Waals surface area contributed by atoms with E-state index in [2.05, 4.69) is 18.3 Å². The molecular formula is C18H27ClN2. The van der Waals surface area contributed by atoms with Crippen LogP contribution in [0.1, 0.15) is 56.1 Å². The highest BCUT2D eigenvalue weighted by Crippen LogP contribution is 2.41. The molecule has 1 saturated carbocycles. The fourth-order valence-electron chi connectivity index (χ4n) is 3.78. The number of hydrogen-bond donors (Lipinski definition) is 2. The van der Waals surface area contributed by atoms with Gasteiger partial charge in [-0.25, -0.2) is 0 Å². The number of nitrogens with two attached hydrogens (primary N) is 1. The Kier molecular flexibility index (Phi) is 4.46. The van der Waals surface area contributed by atoms with E-state index in [-0.39, 0.29) is 5.54 Å². The summed E-state index contributed by atoms with van der Waals surface area (Å²) < 4.78 is 0. The fourth-order valence-corrected chi connectivity index (χ4v) is 3.97. The summed E-state index contributed by atoms with van der Waals surface area (Å²) in [6, 6.07) is 4.14. The Balaban J connectivity index is 1.84. The van der Waals surface area contributed by atoms with E-state index in [4.69, 9.17) is 17.3 Å². The van der Waals surface area contributed by atoms with Gasteiger partial charge < -0.3 is 11.1 Å². The van der Waals surface area contributed by atoms with E-state index in [1.54, 1.807) is 0 Å². The van der Waals surface area contributed by atoms with Crippen molar-refractivity contribution < 1.29 is 0 Å². The Labute approximate surface area is 133 Å². The van der Waals surface area contributed by atoms with Crippen molar-refractivity contribution in [1.29, 1.82) is 0 Å². The Hall–Kier alpha value is -0.730. The Morgan fingerprint density at radius 3 is 2.86 bits per heavy atom. The number of benzene rings is 1. The largest absolute Gasteiger partial charge is 0.398 e. The highest BCUT2D eigenvalue weighted by Gasteiger charge is 2.37. The number of nitrogen functional groups attached to an aromatic ring is 1. The summed E-state index contributed by atoms with van der Waals surface area (Å²) in [5.74, 6) is 0.945. The van der Waals surface area contributed by atoms with Crippen LogP contribution in [0, 0.1) is 12.8 Å². The second-order valence-electron chi connectivity index (χ2n) is 7.09. The lowest BCUT2D eigenvalue weighted by atomic mass is 9.81. The lowest BCUT2D eigenvalue weighted by Gasteiger charge is -2.35. The van der Waals surface area contributed by atoms with E-state index in [1.165, 1.54) is 50.5 Å². The zero-order valence-electron chi connectivity index (χ0n) is 13.1. The van der Waals surface area contributed by atoms with Gasteiger partial charge in [0.25, 0.3) is 0 Å². The minimum atomic E-state index is 0.280. The van der Waals surface area contributed by atoms with Gasteiger partial charge >= 0.3 is 0 Å². The number of rotatable bonds is 4. The third kappa shape index (κ3) is 3.54. The van der Waals surface area contributed by atoms with E-state index in [9.17, 15) is 0 Å². The van der Waals surface area contributed by atoms with Crippen molar-refractivity contribution in [2.45, 2.75) is 63.8 Å². The number of hydrogen-bond acceptors (Lipinski definition) is 2. The summed E-state index contributed by atoms with van der Waals surface area (Å²) in [7, 11) is 0. The highest BCUT2D eigenvalue weighted by molar-refractivity contribution is 6.33. The van der Waals surface area contributed by atoms with Crippen LogP contribution in [-0.4, -0.2) is 12.1 Å². The first-order chi connectivity index (χ1) is 10.1. The van der Waals surface area contributed by atoms with Crippen LogP contribution in [-0.2, 0) is 6.42 Å². The third-order valence-corrected chi connectivity index (χ3v) is 5.77. The molecule has 3 N–H and O–H groups in total. The molecule has 1 heterocycles. The van der Waals surface area contributed by atoms with Crippen molar-refractivity contribution in [2.24, 2.45) is 5.92 Å². The van der Waals surface area contributed by atoms with Gasteiger partial charge in [0.05, 0.1) is 10.7 Å². The molecule has 2 nitrogen and oxygen atoms in total. The van der Waals surface area contributed by atoms with Crippen LogP contribution in [0.25, 0.3) is 0 Å². The molecule has 1 unspecified atom stereocenters. The van der Waals surface area contributed by atoms with Crippen LogP contribution in [0.3, 0.4) is 0 Å². The second-order valence-corrected chi connectivity index (χ2v) is 7.47. The van der Waals surface area contributed by atoms with Gasteiger partial charge in [-0.3, -0.25) is 0 Å². The molecule has 1 atom stereocenters. The van der Waals surface area contributed by atoms with Gasteiger partial charge in [-0.1, -0.05) is 43.4 Å². The normalized spacial score (nSPS) is 26.6. The minimum Gasteiger partial charge on any atom is -0.398 e. The molecule has 0 amide bonds. The predicted octanol–water partition coefficient (Wildman–Crippen LogP) is 4.48. The van der Waals surface area contributed by atoms with Crippen LogP contribution >= 0.6 is 11.6 Å². The zero-order valence-corrected chi connectivity index (χ0v) is 13.8. The van der Waals surface area contributed by atoms with Crippen molar-refractivity contribution in [1.82, 2.24) is 5.32 Å². The molecule has 0 spiro atoms. The zero-order chi connectivity index (χ0) is 14.9. The Morgan fingerprint density at radius 2 is 2.10 bits per heavy atom. The standard InChI is InChI=1S/C18H27ClN2/c1-13-15(7-8-16(20)17(13)19)12-18(11-14-5-6-14)9-3-2-4-10-21-18/h7-8,14,21H,2-6,9-12,20H2,1H3. The summed E-state index contributed by atoms with van der Waals surface area (Å²) in [4.78, 5) is 0. The monoisotopic (exact) mass is 306 g/mol. The molecule has 1 aliphatic heterocycles. The predicted molar refractivity (Wildman–Crippen MR) is 90.8 cm³/mol. The van der Waals surface area contributed by atoms with Crippen molar-refractivity contribution in [2.75, 3.05) is 12.3 Å². The highest BCUT2D eigenvalue weighted by atomic mass is 35.5. The summed E-state index contributed by atoms with van der Waals surface area (Å²) >= 11 is 6.35. The van der Waals surface area contributed by atoms with Crippen molar-refractivity contribution in [3.63, 3.8) is 0 Å². The minimum absolute atomic E-state index is 0.280. The van der Waals surface area contributed by atoms with Gasteiger partial charge in [0, 0.05) is 5.54 Å². The lowest BCUT2D eigenvalue weighted by molar-refractivity contribution is 0.276. The molecule has 2 aliphatic rings.